The summed E-state index contributed by atoms with van der Waals surface area (Å²) in [5.74, 6) is 0. The maximum absolute atomic E-state index is 9.29. The van der Waals surface area contributed by atoms with Crippen LogP contribution in [0.5, 0.6) is 0 Å². The van der Waals surface area contributed by atoms with Crippen molar-refractivity contribution in [2.45, 2.75) is 50.7 Å². The number of benzene rings is 1. The Kier molecular flexibility index (Phi) is 5.28. The van der Waals surface area contributed by atoms with Gasteiger partial charge in [0, 0.05) is 31.7 Å². The summed E-state index contributed by atoms with van der Waals surface area (Å²) in [6.07, 6.45) is 6.64. The molecule has 3 rings (SSSR count). The smallest absolute Gasteiger partial charge is 0.0558 e. The highest BCUT2D eigenvalue weighted by atomic mass is 16.3. The van der Waals surface area contributed by atoms with Gasteiger partial charge < -0.3 is 5.11 Å². The van der Waals surface area contributed by atoms with E-state index in [2.05, 4.69) is 40.1 Å². The van der Waals surface area contributed by atoms with Gasteiger partial charge in [-0.2, -0.15) is 0 Å². The lowest BCUT2D eigenvalue weighted by molar-refractivity contribution is 0.0854. The van der Waals surface area contributed by atoms with Crippen LogP contribution in [0.15, 0.2) is 30.3 Å². The van der Waals surface area contributed by atoms with Crippen LogP contribution in [0.25, 0.3) is 0 Å². The van der Waals surface area contributed by atoms with E-state index in [4.69, 9.17) is 0 Å². The minimum Gasteiger partial charge on any atom is -0.395 e. The molecular weight excluding hydrogens is 260 g/mol. The van der Waals surface area contributed by atoms with E-state index in [1.165, 1.54) is 44.2 Å². The monoisotopic (exact) mass is 288 g/mol. The summed E-state index contributed by atoms with van der Waals surface area (Å²) in [6, 6.07) is 12.2. The van der Waals surface area contributed by atoms with E-state index in [0.29, 0.717) is 12.6 Å². The molecule has 1 atom stereocenters. The fourth-order valence-electron chi connectivity index (χ4n) is 3.55. The summed E-state index contributed by atoms with van der Waals surface area (Å²) in [6.45, 7) is 4.57. The lowest BCUT2D eigenvalue weighted by Crippen LogP contribution is -2.47. The molecule has 2 fully saturated rings. The van der Waals surface area contributed by atoms with Gasteiger partial charge in [-0.1, -0.05) is 36.8 Å². The van der Waals surface area contributed by atoms with Gasteiger partial charge in [-0.25, -0.2) is 0 Å². The molecule has 1 N–H and O–H groups in total. The first-order chi connectivity index (χ1) is 10.4. The average molecular weight is 288 g/mol. The molecule has 3 nitrogen and oxygen atoms in total. The lowest BCUT2D eigenvalue weighted by atomic mass is 10.0. The third-order valence-electron chi connectivity index (χ3n) is 4.87. The molecule has 0 spiro atoms. The Bertz CT molecular complexity index is 418. The summed E-state index contributed by atoms with van der Waals surface area (Å²) in [5, 5.41) is 9.29. The van der Waals surface area contributed by atoms with Crippen molar-refractivity contribution in [2.24, 2.45) is 0 Å². The molecule has 1 aromatic rings. The van der Waals surface area contributed by atoms with Crippen molar-refractivity contribution < 1.29 is 5.11 Å². The van der Waals surface area contributed by atoms with Crippen molar-refractivity contribution in [3.8, 4) is 0 Å². The van der Waals surface area contributed by atoms with E-state index in [0.717, 1.165) is 25.7 Å². The quantitative estimate of drug-likeness (QED) is 0.835. The van der Waals surface area contributed by atoms with Crippen LogP contribution >= 0.6 is 0 Å². The number of aliphatic hydroxyl groups excluding tert-OH is 1. The minimum absolute atomic E-state index is 0.294. The topological polar surface area (TPSA) is 26.7 Å². The Hall–Kier alpha value is -0.900. The van der Waals surface area contributed by atoms with E-state index in [9.17, 15) is 5.11 Å². The Morgan fingerprint density at radius 3 is 2.62 bits per heavy atom. The zero-order valence-electron chi connectivity index (χ0n) is 13.0. The number of aliphatic hydroxyl groups is 1. The van der Waals surface area contributed by atoms with E-state index < -0.39 is 0 Å². The van der Waals surface area contributed by atoms with E-state index in [1.807, 2.05) is 0 Å². The van der Waals surface area contributed by atoms with Crippen LogP contribution in [-0.2, 0) is 6.54 Å². The molecule has 21 heavy (non-hydrogen) atoms. The van der Waals surface area contributed by atoms with Gasteiger partial charge in [0.25, 0.3) is 0 Å². The van der Waals surface area contributed by atoms with Crippen molar-refractivity contribution in [2.75, 3.05) is 26.2 Å². The molecule has 0 radical (unpaired) electrons. The predicted octanol–water partition coefficient (Wildman–Crippen LogP) is 2.50. The molecule has 0 aromatic heterocycles. The molecular formula is C18H28N2O. The van der Waals surface area contributed by atoms with Gasteiger partial charge in [-0.05, 0) is 37.8 Å². The molecule has 116 valence electrons. The van der Waals surface area contributed by atoms with Gasteiger partial charge in [0.05, 0.1) is 6.61 Å². The molecule has 1 saturated carbocycles. The Labute approximate surface area is 128 Å². The highest BCUT2D eigenvalue weighted by molar-refractivity contribution is 5.14. The SMILES string of the molecule is OCCN(C[C@@H]1CCCCN1Cc1ccccc1)C1CC1. The Morgan fingerprint density at radius 1 is 1.10 bits per heavy atom. The van der Waals surface area contributed by atoms with Crippen molar-refractivity contribution in [1.29, 1.82) is 0 Å². The maximum atomic E-state index is 9.29. The molecule has 0 bridgehead atoms. The first-order valence-corrected chi connectivity index (χ1v) is 8.49. The minimum atomic E-state index is 0.294. The number of likely N-dealkylation sites (tertiary alicyclic amines) is 1. The zero-order chi connectivity index (χ0) is 14.5. The third-order valence-corrected chi connectivity index (χ3v) is 4.87. The van der Waals surface area contributed by atoms with E-state index in [-0.39, 0.29) is 0 Å². The lowest BCUT2D eigenvalue weighted by Gasteiger charge is -2.39. The average Bonchev–Trinajstić information content (AvgIpc) is 3.34. The van der Waals surface area contributed by atoms with Crippen molar-refractivity contribution in [3.63, 3.8) is 0 Å². The fourth-order valence-corrected chi connectivity index (χ4v) is 3.55. The van der Waals surface area contributed by atoms with Crippen molar-refractivity contribution in [3.05, 3.63) is 35.9 Å². The predicted molar refractivity (Wildman–Crippen MR) is 86.2 cm³/mol. The number of hydrogen-bond donors (Lipinski definition) is 1. The van der Waals surface area contributed by atoms with Gasteiger partial charge in [0.2, 0.25) is 0 Å². The molecule has 0 unspecified atom stereocenters. The van der Waals surface area contributed by atoms with Gasteiger partial charge in [-0.3, -0.25) is 9.80 Å². The largest absolute Gasteiger partial charge is 0.395 e. The van der Waals surface area contributed by atoms with Crippen molar-refractivity contribution in [1.82, 2.24) is 9.80 Å². The molecule has 1 aromatic carbocycles. The summed E-state index contributed by atoms with van der Waals surface area (Å²) in [4.78, 5) is 5.18. The number of nitrogens with zero attached hydrogens (tertiary/aromatic N) is 2. The van der Waals surface area contributed by atoms with Crippen LogP contribution < -0.4 is 0 Å². The van der Waals surface area contributed by atoms with Crippen LogP contribution in [0.2, 0.25) is 0 Å². The highest BCUT2D eigenvalue weighted by Gasteiger charge is 2.32. The second-order valence-electron chi connectivity index (χ2n) is 6.56. The van der Waals surface area contributed by atoms with Crippen molar-refractivity contribution >= 4 is 0 Å². The second-order valence-corrected chi connectivity index (χ2v) is 6.56. The highest BCUT2D eigenvalue weighted by Crippen LogP contribution is 2.29. The molecule has 1 aliphatic heterocycles. The number of hydrogen-bond acceptors (Lipinski definition) is 3. The van der Waals surface area contributed by atoms with Gasteiger partial charge in [0.1, 0.15) is 0 Å². The fraction of sp³-hybridized carbons (Fsp3) is 0.667. The molecule has 1 saturated heterocycles. The van der Waals surface area contributed by atoms with E-state index in [1.54, 1.807) is 0 Å². The van der Waals surface area contributed by atoms with Crippen LogP contribution in [0, 0.1) is 0 Å². The molecule has 3 heteroatoms. The summed E-state index contributed by atoms with van der Waals surface area (Å²) in [5.41, 5.74) is 1.42. The summed E-state index contributed by atoms with van der Waals surface area (Å²) in [7, 11) is 0. The zero-order valence-corrected chi connectivity index (χ0v) is 13.0. The van der Waals surface area contributed by atoms with Gasteiger partial charge >= 0.3 is 0 Å². The normalized spacial score (nSPS) is 23.6. The molecule has 0 amide bonds. The molecule has 1 aliphatic carbocycles. The van der Waals surface area contributed by atoms with E-state index >= 15 is 0 Å². The van der Waals surface area contributed by atoms with Gasteiger partial charge in [0.15, 0.2) is 0 Å². The molecule has 1 heterocycles. The standard InChI is InChI=1S/C18H28N2O/c21-13-12-20(17-9-10-17)15-18-8-4-5-11-19(18)14-16-6-2-1-3-7-16/h1-3,6-7,17-18,21H,4-5,8-15H2/t18-/m0/s1. The van der Waals surface area contributed by atoms with Crippen LogP contribution in [-0.4, -0.2) is 53.2 Å². The number of piperidine rings is 1. The van der Waals surface area contributed by atoms with Crippen LogP contribution in [0.1, 0.15) is 37.7 Å². The third kappa shape index (κ3) is 4.29. The Morgan fingerprint density at radius 2 is 1.90 bits per heavy atom. The maximum Gasteiger partial charge on any atom is 0.0558 e. The number of rotatable bonds is 7. The van der Waals surface area contributed by atoms with Crippen LogP contribution in [0.3, 0.4) is 0 Å². The Balaban J connectivity index is 1.60. The molecule has 2 aliphatic rings. The summed E-state index contributed by atoms with van der Waals surface area (Å²) >= 11 is 0. The van der Waals surface area contributed by atoms with Gasteiger partial charge in [-0.15, -0.1) is 0 Å². The first-order valence-electron chi connectivity index (χ1n) is 8.49. The summed E-state index contributed by atoms with van der Waals surface area (Å²) < 4.78 is 0. The first kappa shape index (κ1) is 15.0. The van der Waals surface area contributed by atoms with Crippen LogP contribution in [0.4, 0.5) is 0 Å². The second kappa shape index (κ2) is 7.39.